The number of hydrogen-bond acceptors (Lipinski definition) is 5. The van der Waals surface area contributed by atoms with Gasteiger partial charge in [0.25, 0.3) is 0 Å². The van der Waals surface area contributed by atoms with Crippen molar-refractivity contribution in [1.29, 1.82) is 0 Å². The molecule has 4 aliphatic carbocycles. The van der Waals surface area contributed by atoms with E-state index in [2.05, 4.69) is 27.7 Å². The van der Waals surface area contributed by atoms with E-state index in [9.17, 15) is 24.9 Å². The Labute approximate surface area is 202 Å². The first-order valence-corrected chi connectivity index (χ1v) is 16.0. The zero-order valence-electron chi connectivity index (χ0n) is 21.6. The molecule has 0 amide bonds. The van der Waals surface area contributed by atoms with E-state index in [1.165, 1.54) is 18.1 Å². The average Bonchev–Trinajstić information content (AvgIpc) is 3.06. The molecule has 4 rings (SSSR count). The first-order chi connectivity index (χ1) is 15.5. The van der Waals surface area contributed by atoms with Crippen molar-refractivity contribution in [2.75, 3.05) is 6.61 Å². The minimum Gasteiger partial charge on any atom is -0.393 e. The Kier molecular flexibility index (Phi) is 8.35. The fourth-order valence-corrected chi connectivity index (χ4v) is 10.2. The summed E-state index contributed by atoms with van der Waals surface area (Å²) in [4.78, 5) is 25.7. The number of Topliss-reactive ketones (excluding diaryl/α,β-unsaturated/α-hetero) is 2. The highest BCUT2D eigenvalue weighted by Gasteiger charge is 2.68. The third-order valence-corrected chi connectivity index (χ3v) is 14.3. The number of carbonyl (C=O) groups is 2. The molecule has 4 saturated carbocycles. The molecule has 8 atom stereocenters. The van der Waals surface area contributed by atoms with Crippen LogP contribution in [0.5, 0.6) is 0 Å². The number of fused-ring (bicyclic) bond motifs is 5. The molecule has 4 fully saturated rings. The van der Waals surface area contributed by atoms with Gasteiger partial charge in [0, 0.05) is 26.6 Å². The minimum absolute atomic E-state index is 0.0154. The lowest BCUT2D eigenvalue weighted by Crippen LogP contribution is -2.62. The molecular weight excluding hydrogens is 432 g/mol. The summed E-state index contributed by atoms with van der Waals surface area (Å²) in [6.07, 6.45) is 5.47. The summed E-state index contributed by atoms with van der Waals surface area (Å²) in [5.41, 5.74) is -2.40. The topological polar surface area (TPSA) is 94.8 Å². The van der Waals surface area contributed by atoms with Gasteiger partial charge >= 0.3 is 0 Å². The smallest absolute Gasteiger partial charge is 0.190 e. The summed E-state index contributed by atoms with van der Waals surface area (Å²) in [5, 5.41) is 30.6. The average molecular weight is 481 g/mol. The summed E-state index contributed by atoms with van der Waals surface area (Å²) >= 11 is 0. The molecule has 0 aromatic rings. The summed E-state index contributed by atoms with van der Waals surface area (Å²) in [6, 6.07) is 4.48. The monoisotopic (exact) mass is 480 g/mol. The van der Waals surface area contributed by atoms with Crippen LogP contribution >= 0.6 is 0 Å². The van der Waals surface area contributed by atoms with E-state index in [0.717, 1.165) is 38.5 Å². The summed E-state index contributed by atoms with van der Waals surface area (Å²) in [5.74, 6) is 0.380. The third-order valence-electron chi connectivity index (χ3n) is 10.8. The highest BCUT2D eigenvalue weighted by molar-refractivity contribution is 6.58. The van der Waals surface area contributed by atoms with Crippen LogP contribution in [0.1, 0.15) is 86.0 Å². The predicted molar refractivity (Wildman–Crippen MR) is 134 cm³/mol. The lowest BCUT2D eigenvalue weighted by Gasteiger charge is -2.60. The summed E-state index contributed by atoms with van der Waals surface area (Å²) in [7, 11) is -0.171. The van der Waals surface area contributed by atoms with Gasteiger partial charge in [0.2, 0.25) is 0 Å². The van der Waals surface area contributed by atoms with Gasteiger partial charge in [-0.25, -0.2) is 0 Å². The predicted octanol–water partition coefficient (Wildman–Crippen LogP) is 4.13. The van der Waals surface area contributed by atoms with Gasteiger partial charge in [-0.05, 0) is 68.1 Å². The zero-order chi connectivity index (χ0) is 24.6. The molecule has 33 heavy (non-hydrogen) atoms. The molecular formula is C27H48O5Si. The second-order valence-corrected chi connectivity index (χ2v) is 16.3. The van der Waals surface area contributed by atoms with E-state index in [1.807, 2.05) is 6.92 Å². The molecule has 6 heteroatoms. The van der Waals surface area contributed by atoms with E-state index in [1.54, 1.807) is 0 Å². The molecule has 0 radical (unpaired) electrons. The third kappa shape index (κ3) is 4.43. The number of rotatable bonds is 5. The maximum Gasteiger partial charge on any atom is 0.190 e. The van der Waals surface area contributed by atoms with E-state index >= 15 is 0 Å². The quantitative estimate of drug-likeness (QED) is 0.514. The van der Waals surface area contributed by atoms with Crippen LogP contribution in [-0.2, 0) is 9.59 Å². The van der Waals surface area contributed by atoms with Crippen molar-refractivity contribution in [1.82, 2.24) is 0 Å². The fourth-order valence-electron chi connectivity index (χ4n) is 8.51. The molecule has 5 nitrogen and oxygen atoms in total. The van der Waals surface area contributed by atoms with Gasteiger partial charge in [-0.15, -0.1) is 0 Å². The van der Waals surface area contributed by atoms with Crippen LogP contribution in [0.4, 0.5) is 0 Å². The van der Waals surface area contributed by atoms with E-state index < -0.39 is 23.4 Å². The highest BCUT2D eigenvalue weighted by atomic mass is 28.3. The normalized spacial score (nSPS) is 44.4. The Morgan fingerprint density at radius 3 is 2.21 bits per heavy atom. The Morgan fingerprint density at radius 2 is 1.67 bits per heavy atom. The number of ketones is 2. The highest BCUT2D eigenvalue weighted by Crippen LogP contribution is 2.67. The molecule has 0 aromatic carbocycles. The standard InChI is InChI=1S/C21H32O5.C6H16Si/c1-19-7-5-13(23)9-12(19)3-4-14-15-6-8-21(26,17(25)11-22)20(15,2)10-16(24)18(14)19;1-4-7(5-2)6-3/h12-15,18,22-23,26H,3-11H2,1-2H3;7H,4-6H2,1-3H3/t12-,13-,14+,15+,18-,19+,20+,21+;/m1./s1. The first-order valence-electron chi connectivity index (χ1n) is 13.6. The van der Waals surface area contributed by atoms with Gasteiger partial charge in [0.15, 0.2) is 5.78 Å². The number of aliphatic hydroxyl groups is 3. The molecule has 4 aliphatic rings. The van der Waals surface area contributed by atoms with Crippen molar-refractivity contribution in [2.45, 2.75) is 116 Å². The molecule has 0 unspecified atom stereocenters. The Balaban J connectivity index is 0.000000383. The second kappa shape index (κ2) is 10.2. The van der Waals surface area contributed by atoms with Crippen LogP contribution in [0.3, 0.4) is 0 Å². The van der Waals surface area contributed by atoms with Gasteiger partial charge in [0.05, 0.1) is 6.10 Å². The van der Waals surface area contributed by atoms with Crippen molar-refractivity contribution in [3.63, 3.8) is 0 Å². The van der Waals surface area contributed by atoms with Gasteiger partial charge in [-0.3, -0.25) is 9.59 Å². The maximum absolute atomic E-state index is 13.4. The molecule has 190 valence electrons. The van der Waals surface area contributed by atoms with Crippen LogP contribution in [-0.4, -0.2) is 54.0 Å². The van der Waals surface area contributed by atoms with E-state index in [4.69, 9.17) is 0 Å². The Hall–Kier alpha value is -0.563. The van der Waals surface area contributed by atoms with Gasteiger partial charge < -0.3 is 15.3 Å². The van der Waals surface area contributed by atoms with Gasteiger partial charge in [0.1, 0.15) is 18.0 Å². The molecule has 0 aliphatic heterocycles. The van der Waals surface area contributed by atoms with Crippen LogP contribution in [0.25, 0.3) is 0 Å². The van der Waals surface area contributed by atoms with Crippen molar-refractivity contribution in [3.8, 4) is 0 Å². The fraction of sp³-hybridized carbons (Fsp3) is 0.926. The second-order valence-electron chi connectivity index (χ2n) is 12.1. The first kappa shape index (κ1) is 27.0. The lowest BCUT2D eigenvalue weighted by molar-refractivity contribution is -0.180. The SMILES string of the molecule is CC[SiH](CC)CC.C[C@]12CC[C@@H](O)C[C@H]1CC[C@@H]1[C@@H]2C(=O)C[C@@]2(C)[C@H]1CC[C@]2(O)C(=O)CO. The minimum atomic E-state index is -1.58. The van der Waals surface area contributed by atoms with Crippen LogP contribution in [0.15, 0.2) is 0 Å². The van der Waals surface area contributed by atoms with Crippen LogP contribution in [0.2, 0.25) is 18.1 Å². The van der Waals surface area contributed by atoms with Crippen LogP contribution in [0, 0.1) is 34.5 Å². The van der Waals surface area contributed by atoms with Gasteiger partial charge in [-0.1, -0.05) is 52.8 Å². The number of carbonyl (C=O) groups excluding carboxylic acids is 2. The largest absolute Gasteiger partial charge is 0.393 e. The molecule has 0 heterocycles. The molecule has 0 saturated heterocycles. The molecule has 0 aromatic heterocycles. The van der Waals surface area contributed by atoms with E-state index in [0.29, 0.717) is 12.3 Å². The van der Waals surface area contributed by atoms with E-state index in [-0.39, 0.29) is 50.3 Å². The van der Waals surface area contributed by atoms with Crippen molar-refractivity contribution >= 4 is 20.4 Å². The molecule has 3 N–H and O–H groups in total. The molecule has 0 bridgehead atoms. The van der Waals surface area contributed by atoms with Crippen LogP contribution < -0.4 is 0 Å². The van der Waals surface area contributed by atoms with Gasteiger partial charge in [-0.2, -0.15) is 0 Å². The number of hydrogen-bond donors (Lipinski definition) is 3. The van der Waals surface area contributed by atoms with Crippen molar-refractivity contribution < 1.29 is 24.9 Å². The van der Waals surface area contributed by atoms with Crippen molar-refractivity contribution in [2.24, 2.45) is 34.5 Å². The summed E-state index contributed by atoms with van der Waals surface area (Å²) < 4.78 is 0. The maximum atomic E-state index is 13.4. The Bertz CT molecular complexity index is 718. The Morgan fingerprint density at radius 1 is 1.03 bits per heavy atom. The zero-order valence-corrected chi connectivity index (χ0v) is 22.8. The molecule has 0 spiro atoms. The van der Waals surface area contributed by atoms with Crippen molar-refractivity contribution in [3.05, 3.63) is 0 Å². The lowest BCUT2D eigenvalue weighted by atomic mass is 9.44. The number of aliphatic hydroxyl groups excluding tert-OH is 2. The summed E-state index contributed by atoms with van der Waals surface area (Å²) in [6.45, 7) is 10.4.